The minimum atomic E-state index is -2.66. The largest absolute Gasteiger partial charge is 0.494 e. The molecular formula is C40H64N2O9. The number of Topliss-reactive ketones (excluding diaryl/α,β-unsaturated/α-hetero) is 1. The summed E-state index contributed by atoms with van der Waals surface area (Å²) in [5.74, 6) is -4.49. The van der Waals surface area contributed by atoms with E-state index in [1.807, 2.05) is 0 Å². The van der Waals surface area contributed by atoms with Crippen LogP contribution in [-0.2, 0) is 39.9 Å². The van der Waals surface area contributed by atoms with Crippen LogP contribution in [0.3, 0.4) is 0 Å². The number of primary amides is 1. The van der Waals surface area contributed by atoms with E-state index in [1.54, 1.807) is 51.1 Å². The number of ketones is 1. The molecule has 0 unspecified atom stereocenters. The van der Waals surface area contributed by atoms with Crippen LogP contribution in [0.1, 0.15) is 136 Å². The number of rotatable bonds is 27. The minimum absolute atomic E-state index is 0.0478. The van der Waals surface area contributed by atoms with Gasteiger partial charge in [0.2, 0.25) is 11.8 Å². The van der Waals surface area contributed by atoms with Gasteiger partial charge >= 0.3 is 11.9 Å². The predicted octanol–water partition coefficient (Wildman–Crippen LogP) is 6.46. The molecule has 2 amide bonds. The van der Waals surface area contributed by atoms with E-state index in [9.17, 15) is 29.1 Å². The van der Waals surface area contributed by atoms with Crippen LogP contribution in [0.4, 0.5) is 0 Å². The molecule has 0 fully saturated rings. The lowest BCUT2D eigenvalue weighted by molar-refractivity contribution is -0.185. The SMILES string of the molecule is CCCCCCCC(=O)CCCCCCC=C[C@H](C(=O)N[C@@H](Cc1ccc(OCCCC)cc1)C(=O)OC)[C@@](O)(CC(N)=O)C(=O)OC(C)(C)C. The molecule has 0 saturated carbocycles. The topological polar surface area (TPSA) is 171 Å². The van der Waals surface area contributed by atoms with Gasteiger partial charge in [0.25, 0.3) is 0 Å². The number of methoxy groups -OCH3 is 1. The van der Waals surface area contributed by atoms with Gasteiger partial charge < -0.3 is 30.4 Å². The molecule has 0 aliphatic rings. The van der Waals surface area contributed by atoms with Crippen LogP contribution in [0.25, 0.3) is 0 Å². The molecule has 0 aliphatic carbocycles. The number of nitrogens with two attached hydrogens (primary N) is 1. The molecule has 288 valence electrons. The first-order valence-electron chi connectivity index (χ1n) is 18.7. The normalized spacial score (nSPS) is 13.9. The maximum Gasteiger partial charge on any atom is 0.340 e. The number of hydrogen-bond donors (Lipinski definition) is 3. The Bertz CT molecular complexity index is 1240. The number of amides is 2. The average molecular weight is 717 g/mol. The van der Waals surface area contributed by atoms with Crippen LogP contribution in [0.5, 0.6) is 5.75 Å². The Balaban J connectivity index is 3.08. The fourth-order valence-corrected chi connectivity index (χ4v) is 5.51. The first-order chi connectivity index (χ1) is 24.2. The highest BCUT2D eigenvalue weighted by molar-refractivity contribution is 5.96. The fraction of sp³-hybridized carbons (Fsp3) is 0.675. The molecule has 11 nitrogen and oxygen atoms in total. The van der Waals surface area contributed by atoms with Gasteiger partial charge in [-0.15, -0.1) is 0 Å². The second-order valence-corrected chi connectivity index (χ2v) is 14.3. The molecule has 1 aromatic rings. The van der Waals surface area contributed by atoms with Gasteiger partial charge in [-0.25, -0.2) is 9.59 Å². The lowest BCUT2D eigenvalue weighted by atomic mass is 9.82. The highest BCUT2D eigenvalue weighted by Gasteiger charge is 2.50. The molecule has 11 heteroatoms. The van der Waals surface area contributed by atoms with Crippen molar-refractivity contribution in [2.45, 2.75) is 155 Å². The maximum absolute atomic E-state index is 13.9. The van der Waals surface area contributed by atoms with E-state index in [2.05, 4.69) is 19.2 Å². The van der Waals surface area contributed by atoms with Crippen LogP contribution in [-0.4, -0.2) is 65.6 Å². The highest BCUT2D eigenvalue weighted by atomic mass is 16.6. The minimum Gasteiger partial charge on any atom is -0.494 e. The average Bonchev–Trinajstić information content (AvgIpc) is 3.06. The van der Waals surface area contributed by atoms with Crippen LogP contribution in [0.15, 0.2) is 36.4 Å². The number of allylic oxidation sites excluding steroid dienone is 1. The lowest BCUT2D eigenvalue weighted by Crippen LogP contribution is -2.57. The van der Waals surface area contributed by atoms with Crippen molar-refractivity contribution in [1.29, 1.82) is 0 Å². The van der Waals surface area contributed by atoms with Gasteiger partial charge in [-0.2, -0.15) is 0 Å². The number of aliphatic hydroxyl groups is 1. The molecule has 51 heavy (non-hydrogen) atoms. The third kappa shape index (κ3) is 18.9. The first-order valence-corrected chi connectivity index (χ1v) is 18.7. The molecule has 3 atom stereocenters. The van der Waals surface area contributed by atoms with Gasteiger partial charge in [0.1, 0.15) is 23.2 Å². The Morgan fingerprint density at radius 2 is 1.45 bits per heavy atom. The van der Waals surface area contributed by atoms with Gasteiger partial charge in [-0.1, -0.05) is 83.1 Å². The van der Waals surface area contributed by atoms with Crippen LogP contribution in [0.2, 0.25) is 0 Å². The number of ether oxygens (including phenoxy) is 3. The molecule has 0 aliphatic heterocycles. The summed E-state index contributed by atoms with van der Waals surface area (Å²) in [7, 11) is 1.19. The number of benzene rings is 1. The number of carbonyl (C=O) groups is 5. The lowest BCUT2D eigenvalue weighted by Gasteiger charge is -2.34. The van der Waals surface area contributed by atoms with Crippen molar-refractivity contribution in [3.63, 3.8) is 0 Å². The molecule has 0 radical (unpaired) electrons. The molecule has 1 aromatic carbocycles. The molecule has 0 heterocycles. The van der Waals surface area contributed by atoms with Crippen molar-refractivity contribution < 1.29 is 43.3 Å². The van der Waals surface area contributed by atoms with Crippen molar-refractivity contribution in [3.05, 3.63) is 42.0 Å². The van der Waals surface area contributed by atoms with Gasteiger partial charge in [-0.3, -0.25) is 14.4 Å². The summed E-state index contributed by atoms with van der Waals surface area (Å²) in [6, 6.07) is 5.91. The van der Waals surface area contributed by atoms with E-state index in [4.69, 9.17) is 19.9 Å². The molecule has 0 aromatic heterocycles. The molecule has 0 spiro atoms. The van der Waals surface area contributed by atoms with Crippen LogP contribution in [0, 0.1) is 5.92 Å². The zero-order chi connectivity index (χ0) is 38.3. The maximum atomic E-state index is 13.9. The summed E-state index contributed by atoms with van der Waals surface area (Å²) in [4.78, 5) is 64.5. The van der Waals surface area contributed by atoms with Crippen molar-refractivity contribution in [1.82, 2.24) is 5.32 Å². The quantitative estimate of drug-likeness (QED) is 0.0525. The Hall–Kier alpha value is -3.73. The molecule has 4 N–H and O–H groups in total. The third-order valence-corrected chi connectivity index (χ3v) is 8.39. The number of nitrogens with one attached hydrogen (secondary N) is 1. The van der Waals surface area contributed by atoms with Crippen LogP contribution >= 0.6 is 0 Å². The van der Waals surface area contributed by atoms with E-state index >= 15 is 0 Å². The van der Waals surface area contributed by atoms with Gasteiger partial charge in [-0.05, 0) is 70.6 Å². The van der Waals surface area contributed by atoms with Crippen molar-refractivity contribution in [3.8, 4) is 5.75 Å². The summed E-state index contributed by atoms with van der Waals surface area (Å²) < 4.78 is 16.1. The molecular weight excluding hydrogens is 652 g/mol. The summed E-state index contributed by atoms with van der Waals surface area (Å²) in [5, 5.41) is 14.4. The Morgan fingerprint density at radius 1 is 0.863 bits per heavy atom. The first kappa shape index (κ1) is 45.3. The third-order valence-electron chi connectivity index (χ3n) is 8.39. The second kappa shape index (κ2) is 24.5. The zero-order valence-corrected chi connectivity index (χ0v) is 31.9. The van der Waals surface area contributed by atoms with E-state index in [-0.39, 0.29) is 6.42 Å². The standard InChI is InChI=1S/C40H64N2O9/c1-7-9-11-14-17-20-31(43)21-18-15-12-13-16-19-22-33(40(48,29-35(41)44)38(47)51-39(3,4)5)36(45)42-34(37(46)49-6)28-30-23-25-32(26-24-30)50-27-10-8-2/h19,22-26,33-34,48H,7-18,20-21,27-29H2,1-6H3,(H2,41,44)(H,42,45)/t33-,34+,40+/m1/s1. The Morgan fingerprint density at radius 3 is 2.00 bits per heavy atom. The molecule has 1 rings (SSSR count). The number of hydrogen-bond acceptors (Lipinski definition) is 9. The number of esters is 2. The smallest absolute Gasteiger partial charge is 0.340 e. The second-order valence-electron chi connectivity index (χ2n) is 14.3. The Labute approximate surface area is 305 Å². The van der Waals surface area contributed by atoms with E-state index < -0.39 is 53.3 Å². The Kier molecular flexibility index (Phi) is 21.7. The van der Waals surface area contributed by atoms with Crippen LogP contribution < -0.4 is 15.8 Å². The van der Waals surface area contributed by atoms with E-state index in [1.165, 1.54) is 32.4 Å². The molecule has 0 bridgehead atoms. The van der Waals surface area contributed by atoms with Crippen molar-refractivity contribution in [2.24, 2.45) is 11.7 Å². The van der Waals surface area contributed by atoms with E-state index in [0.29, 0.717) is 43.0 Å². The predicted molar refractivity (Wildman–Crippen MR) is 198 cm³/mol. The van der Waals surface area contributed by atoms with Gasteiger partial charge in [0.15, 0.2) is 5.60 Å². The fourth-order valence-electron chi connectivity index (χ4n) is 5.51. The van der Waals surface area contributed by atoms with Gasteiger partial charge in [0, 0.05) is 19.3 Å². The number of carbonyl (C=O) groups excluding carboxylic acids is 5. The number of unbranched alkanes of at least 4 members (excludes halogenated alkanes) is 9. The highest BCUT2D eigenvalue weighted by Crippen LogP contribution is 2.29. The zero-order valence-electron chi connectivity index (χ0n) is 31.9. The molecule has 0 saturated heterocycles. The summed E-state index contributed by atoms with van der Waals surface area (Å²) >= 11 is 0. The van der Waals surface area contributed by atoms with Crippen molar-refractivity contribution >= 4 is 29.5 Å². The summed E-state index contributed by atoms with van der Waals surface area (Å²) in [5.41, 5.74) is 2.45. The monoisotopic (exact) mass is 716 g/mol. The van der Waals surface area contributed by atoms with E-state index in [0.717, 1.165) is 51.4 Å². The summed E-state index contributed by atoms with van der Waals surface area (Å²) in [6.45, 7) is 9.60. The van der Waals surface area contributed by atoms with Crippen molar-refractivity contribution in [2.75, 3.05) is 13.7 Å². The summed E-state index contributed by atoms with van der Waals surface area (Å²) in [6.07, 6.45) is 14.7. The van der Waals surface area contributed by atoms with Gasteiger partial charge in [0.05, 0.1) is 26.1 Å².